The van der Waals surface area contributed by atoms with Crippen LogP contribution in [-0.2, 0) is 4.74 Å². The molecule has 7 nitrogen and oxygen atoms in total. The van der Waals surface area contributed by atoms with Crippen molar-refractivity contribution in [3.8, 4) is 5.75 Å². The molecule has 0 spiro atoms. The molecule has 0 aliphatic carbocycles. The molecule has 2 saturated heterocycles. The molecule has 1 unspecified atom stereocenters. The number of hydrogen-bond donors (Lipinski definition) is 2. The maximum absolute atomic E-state index is 5.67. The van der Waals surface area contributed by atoms with Crippen molar-refractivity contribution in [2.45, 2.75) is 25.3 Å². The van der Waals surface area contributed by atoms with Crippen molar-refractivity contribution in [3.05, 3.63) is 29.8 Å². The summed E-state index contributed by atoms with van der Waals surface area (Å²) in [6.45, 7) is 8.65. The number of nitrogens with zero attached hydrogens (tertiary/aromatic N) is 3. The molecule has 0 radical (unpaired) electrons. The minimum atomic E-state index is 0. The van der Waals surface area contributed by atoms with Crippen molar-refractivity contribution >= 4 is 29.9 Å². The smallest absolute Gasteiger partial charge is 0.191 e. The Labute approximate surface area is 198 Å². The maximum atomic E-state index is 5.67. The van der Waals surface area contributed by atoms with Gasteiger partial charge in [0.2, 0.25) is 0 Å². The van der Waals surface area contributed by atoms with Crippen LogP contribution in [0.5, 0.6) is 5.75 Å². The molecule has 3 rings (SSSR count). The van der Waals surface area contributed by atoms with Crippen LogP contribution in [0, 0.1) is 0 Å². The average Bonchev–Trinajstić information content (AvgIpc) is 2.79. The number of methoxy groups -OCH3 is 1. The quantitative estimate of drug-likeness (QED) is 0.305. The van der Waals surface area contributed by atoms with E-state index in [0.717, 1.165) is 70.7 Å². The number of morpholine rings is 1. The first-order chi connectivity index (χ1) is 14.3. The van der Waals surface area contributed by atoms with Crippen LogP contribution in [-0.4, -0.2) is 88.9 Å². The Morgan fingerprint density at radius 3 is 2.53 bits per heavy atom. The molecule has 0 amide bonds. The van der Waals surface area contributed by atoms with Gasteiger partial charge in [0.15, 0.2) is 5.96 Å². The van der Waals surface area contributed by atoms with Crippen LogP contribution >= 0.6 is 24.0 Å². The summed E-state index contributed by atoms with van der Waals surface area (Å²) in [6, 6.07) is 8.65. The Balaban J connectivity index is 0.00000320. The van der Waals surface area contributed by atoms with Gasteiger partial charge in [-0.05, 0) is 32.0 Å². The molecule has 2 aliphatic heterocycles. The zero-order chi connectivity index (χ0) is 20.3. The lowest BCUT2D eigenvalue weighted by atomic mass is 10.0. The van der Waals surface area contributed by atoms with Gasteiger partial charge in [0.05, 0.1) is 26.4 Å². The molecule has 170 valence electrons. The minimum Gasteiger partial charge on any atom is -0.496 e. The monoisotopic (exact) mass is 531 g/mol. The van der Waals surface area contributed by atoms with E-state index >= 15 is 0 Å². The Morgan fingerprint density at radius 2 is 1.83 bits per heavy atom. The highest BCUT2D eigenvalue weighted by molar-refractivity contribution is 14.0. The minimum absolute atomic E-state index is 0. The lowest BCUT2D eigenvalue weighted by Gasteiger charge is -2.36. The van der Waals surface area contributed by atoms with Gasteiger partial charge in [-0.25, -0.2) is 0 Å². The highest BCUT2D eigenvalue weighted by Gasteiger charge is 2.25. The fraction of sp³-hybridized carbons (Fsp3) is 0.682. The first-order valence-electron chi connectivity index (χ1n) is 10.9. The SMILES string of the molecule is CN=C(NCCN1CCOCC1)NCC(c1ccccc1OC)N1CCCCC1.I. The molecule has 0 bridgehead atoms. The fourth-order valence-corrected chi connectivity index (χ4v) is 4.18. The lowest BCUT2D eigenvalue weighted by Crippen LogP contribution is -2.47. The van der Waals surface area contributed by atoms with E-state index in [1.54, 1.807) is 7.11 Å². The Kier molecular flexibility index (Phi) is 11.8. The third kappa shape index (κ3) is 7.55. The molecule has 8 heteroatoms. The summed E-state index contributed by atoms with van der Waals surface area (Å²) in [5.41, 5.74) is 1.24. The van der Waals surface area contributed by atoms with Crippen molar-refractivity contribution in [1.82, 2.24) is 20.4 Å². The molecule has 1 aromatic carbocycles. The average molecular weight is 531 g/mol. The van der Waals surface area contributed by atoms with Crippen molar-refractivity contribution < 1.29 is 9.47 Å². The Bertz CT molecular complexity index is 634. The van der Waals surface area contributed by atoms with Crippen LogP contribution in [0.3, 0.4) is 0 Å². The highest BCUT2D eigenvalue weighted by atomic mass is 127. The lowest BCUT2D eigenvalue weighted by molar-refractivity contribution is 0.0389. The van der Waals surface area contributed by atoms with Crippen LogP contribution in [0.4, 0.5) is 0 Å². The molecule has 1 atom stereocenters. The zero-order valence-electron chi connectivity index (χ0n) is 18.4. The van der Waals surface area contributed by atoms with E-state index < -0.39 is 0 Å². The van der Waals surface area contributed by atoms with Crippen LogP contribution in [0.2, 0.25) is 0 Å². The molecule has 0 aromatic heterocycles. The van der Waals surface area contributed by atoms with Gasteiger partial charge in [-0.15, -0.1) is 24.0 Å². The predicted octanol–water partition coefficient (Wildman–Crippen LogP) is 2.34. The first kappa shape index (κ1) is 25.2. The van der Waals surface area contributed by atoms with Gasteiger partial charge >= 0.3 is 0 Å². The number of hydrogen-bond acceptors (Lipinski definition) is 5. The number of halogens is 1. The summed E-state index contributed by atoms with van der Waals surface area (Å²) >= 11 is 0. The summed E-state index contributed by atoms with van der Waals surface area (Å²) in [5, 5.41) is 7.01. The molecule has 2 aliphatic rings. The first-order valence-corrected chi connectivity index (χ1v) is 10.9. The van der Waals surface area contributed by atoms with Crippen LogP contribution in [0.25, 0.3) is 0 Å². The Morgan fingerprint density at radius 1 is 1.10 bits per heavy atom. The van der Waals surface area contributed by atoms with E-state index in [9.17, 15) is 0 Å². The largest absolute Gasteiger partial charge is 0.496 e. The molecule has 2 fully saturated rings. The normalized spacial score (nSPS) is 19.6. The summed E-state index contributed by atoms with van der Waals surface area (Å²) in [7, 11) is 3.59. The van der Waals surface area contributed by atoms with E-state index in [1.165, 1.54) is 24.8 Å². The summed E-state index contributed by atoms with van der Waals surface area (Å²) in [5.74, 6) is 1.82. The van der Waals surface area contributed by atoms with E-state index in [2.05, 4.69) is 43.6 Å². The van der Waals surface area contributed by atoms with E-state index in [0.29, 0.717) is 0 Å². The standard InChI is InChI=1S/C22H37N5O2.HI/c1-23-22(24-10-13-26-14-16-29-17-15-26)25-18-20(27-11-6-3-7-12-27)19-8-4-5-9-21(19)28-2;/h4-5,8-9,20H,3,6-7,10-18H2,1-2H3,(H2,23,24,25);1H. The maximum Gasteiger partial charge on any atom is 0.191 e. The summed E-state index contributed by atoms with van der Waals surface area (Å²) in [6.07, 6.45) is 3.85. The van der Waals surface area contributed by atoms with Crippen molar-refractivity contribution in [3.63, 3.8) is 0 Å². The van der Waals surface area contributed by atoms with Gasteiger partial charge in [0, 0.05) is 45.3 Å². The molecule has 1 aromatic rings. The highest BCUT2D eigenvalue weighted by Crippen LogP contribution is 2.30. The summed E-state index contributed by atoms with van der Waals surface area (Å²) < 4.78 is 11.1. The number of aliphatic imine (C=N–C) groups is 1. The number of rotatable bonds is 8. The number of para-hydroxylation sites is 1. The molecule has 2 N–H and O–H groups in total. The summed E-state index contributed by atoms with van der Waals surface area (Å²) in [4.78, 5) is 9.43. The number of nitrogens with one attached hydrogen (secondary N) is 2. The number of ether oxygens (including phenoxy) is 2. The van der Waals surface area contributed by atoms with Gasteiger partial charge in [0.25, 0.3) is 0 Å². The number of guanidine groups is 1. The number of likely N-dealkylation sites (tertiary alicyclic amines) is 1. The van der Waals surface area contributed by atoms with Gasteiger partial charge < -0.3 is 20.1 Å². The molecular formula is C22H38IN5O2. The second kappa shape index (κ2) is 14.1. The van der Waals surface area contributed by atoms with Crippen molar-refractivity contribution in [2.24, 2.45) is 4.99 Å². The van der Waals surface area contributed by atoms with Gasteiger partial charge in [-0.2, -0.15) is 0 Å². The van der Waals surface area contributed by atoms with E-state index in [1.807, 2.05) is 13.1 Å². The fourth-order valence-electron chi connectivity index (χ4n) is 4.18. The van der Waals surface area contributed by atoms with Gasteiger partial charge in [0.1, 0.15) is 5.75 Å². The van der Waals surface area contributed by atoms with Crippen LogP contribution in [0.15, 0.2) is 29.3 Å². The third-order valence-electron chi connectivity index (χ3n) is 5.84. The number of piperidine rings is 1. The van der Waals surface area contributed by atoms with Gasteiger partial charge in [-0.1, -0.05) is 24.6 Å². The third-order valence-corrected chi connectivity index (χ3v) is 5.84. The topological polar surface area (TPSA) is 61.4 Å². The predicted molar refractivity (Wildman–Crippen MR) is 133 cm³/mol. The molecule has 0 saturated carbocycles. The van der Waals surface area contributed by atoms with E-state index in [4.69, 9.17) is 9.47 Å². The molecule has 30 heavy (non-hydrogen) atoms. The van der Waals surface area contributed by atoms with Crippen LogP contribution in [0.1, 0.15) is 30.9 Å². The zero-order valence-corrected chi connectivity index (χ0v) is 20.8. The van der Waals surface area contributed by atoms with Crippen molar-refractivity contribution in [2.75, 3.05) is 73.2 Å². The second-order valence-electron chi connectivity index (χ2n) is 7.69. The van der Waals surface area contributed by atoms with E-state index in [-0.39, 0.29) is 30.0 Å². The number of benzene rings is 1. The Hall–Kier alpha value is -1.10. The van der Waals surface area contributed by atoms with Crippen molar-refractivity contribution in [1.29, 1.82) is 0 Å². The van der Waals surface area contributed by atoms with Crippen LogP contribution < -0.4 is 15.4 Å². The second-order valence-corrected chi connectivity index (χ2v) is 7.69. The molecule has 2 heterocycles. The van der Waals surface area contributed by atoms with Gasteiger partial charge in [-0.3, -0.25) is 14.8 Å². The molecular weight excluding hydrogens is 493 g/mol.